The minimum absolute atomic E-state index is 0.163. The summed E-state index contributed by atoms with van der Waals surface area (Å²) >= 11 is 0. The molecule has 3 N–H and O–H groups in total. The highest BCUT2D eigenvalue weighted by Gasteiger charge is 2.65. The van der Waals surface area contributed by atoms with E-state index in [-0.39, 0.29) is 5.69 Å². The van der Waals surface area contributed by atoms with Crippen LogP contribution >= 0.6 is 0 Å². The van der Waals surface area contributed by atoms with Crippen LogP contribution in [0.1, 0.15) is 18.3 Å². The van der Waals surface area contributed by atoms with Crippen molar-refractivity contribution in [1.29, 1.82) is 5.26 Å². The minimum Gasteiger partial charge on any atom is -0.394 e. The molecule has 0 aromatic carbocycles. The summed E-state index contributed by atoms with van der Waals surface area (Å²) < 4.78 is 6.87. The number of aryl methyl sites for hydroxylation is 1. The molecule has 1 aliphatic rings. The van der Waals surface area contributed by atoms with Crippen LogP contribution in [-0.4, -0.2) is 59.3 Å². The van der Waals surface area contributed by atoms with Gasteiger partial charge in [0.2, 0.25) is 5.60 Å². The molecule has 0 spiro atoms. The van der Waals surface area contributed by atoms with E-state index in [1.54, 1.807) is 6.92 Å². The molecule has 3 heterocycles. The number of ether oxygens (including phenoxy) is 1. The van der Waals surface area contributed by atoms with Crippen LogP contribution in [0, 0.1) is 18.3 Å². The molecule has 0 unspecified atom stereocenters. The zero-order valence-corrected chi connectivity index (χ0v) is 12.0. The molecule has 2 aromatic heterocycles. The lowest BCUT2D eigenvalue weighted by Crippen LogP contribution is -2.52. The maximum Gasteiger partial charge on any atom is 0.229 e. The quantitative estimate of drug-likeness (QED) is 0.619. The highest BCUT2D eigenvalue weighted by atomic mass is 16.6. The number of aromatic nitrogens is 4. The average Bonchev–Trinajstić information content (AvgIpc) is 3.01. The van der Waals surface area contributed by atoms with E-state index in [4.69, 9.17) is 4.74 Å². The Bertz CT molecular complexity index is 767. The third kappa shape index (κ3) is 1.63. The molecule has 0 bridgehead atoms. The van der Waals surface area contributed by atoms with Crippen molar-refractivity contribution in [3.63, 3.8) is 0 Å². The smallest absolute Gasteiger partial charge is 0.229 e. The number of rotatable bonds is 2. The van der Waals surface area contributed by atoms with E-state index < -0.39 is 30.0 Å². The molecule has 0 saturated carbocycles. The molecule has 1 saturated heterocycles. The molecule has 4 atom stereocenters. The third-order valence-corrected chi connectivity index (χ3v) is 4.15. The van der Waals surface area contributed by atoms with Crippen molar-refractivity contribution in [2.75, 3.05) is 6.61 Å². The first-order chi connectivity index (χ1) is 10.4. The van der Waals surface area contributed by atoms with Gasteiger partial charge in [0.25, 0.3) is 0 Å². The molecule has 22 heavy (non-hydrogen) atoms. The Kier molecular flexibility index (Phi) is 3.15. The van der Waals surface area contributed by atoms with Crippen LogP contribution in [0.4, 0.5) is 0 Å². The minimum atomic E-state index is -1.95. The zero-order chi connectivity index (χ0) is 16.1. The van der Waals surface area contributed by atoms with Crippen LogP contribution in [0.25, 0.3) is 5.65 Å². The van der Waals surface area contributed by atoms with Crippen LogP contribution in [0.15, 0.2) is 12.5 Å². The Morgan fingerprint density at radius 2 is 2.23 bits per heavy atom. The average molecular weight is 305 g/mol. The largest absolute Gasteiger partial charge is 0.394 e. The van der Waals surface area contributed by atoms with Gasteiger partial charge in [-0.1, -0.05) is 0 Å². The molecule has 0 aliphatic carbocycles. The second-order valence-electron chi connectivity index (χ2n) is 5.45. The molecule has 0 radical (unpaired) electrons. The van der Waals surface area contributed by atoms with Gasteiger partial charge < -0.3 is 20.1 Å². The van der Waals surface area contributed by atoms with Gasteiger partial charge >= 0.3 is 0 Å². The fourth-order valence-corrected chi connectivity index (χ4v) is 2.81. The van der Waals surface area contributed by atoms with Crippen molar-refractivity contribution < 1.29 is 20.1 Å². The first-order valence-corrected chi connectivity index (χ1v) is 6.65. The monoisotopic (exact) mass is 305 g/mol. The Hall–Kier alpha value is -2.12. The van der Waals surface area contributed by atoms with Gasteiger partial charge in [-0.05, 0) is 13.8 Å². The normalized spacial score (nSPS) is 34.9. The molecular weight excluding hydrogens is 290 g/mol. The van der Waals surface area contributed by atoms with Gasteiger partial charge in [0, 0.05) is 0 Å². The Morgan fingerprint density at radius 1 is 1.50 bits per heavy atom. The van der Waals surface area contributed by atoms with E-state index in [2.05, 4.69) is 15.1 Å². The van der Waals surface area contributed by atoms with Crippen LogP contribution < -0.4 is 0 Å². The van der Waals surface area contributed by atoms with Crippen molar-refractivity contribution in [2.24, 2.45) is 0 Å². The molecule has 1 aliphatic heterocycles. The summed E-state index contributed by atoms with van der Waals surface area (Å²) in [7, 11) is 0. The molecular formula is C13H15N5O4. The van der Waals surface area contributed by atoms with Crippen molar-refractivity contribution in [2.45, 2.75) is 37.3 Å². The number of nitriles is 1. The van der Waals surface area contributed by atoms with Crippen molar-refractivity contribution >= 4 is 5.65 Å². The van der Waals surface area contributed by atoms with E-state index in [9.17, 15) is 20.6 Å². The maximum absolute atomic E-state index is 10.7. The first kappa shape index (κ1) is 14.8. The summed E-state index contributed by atoms with van der Waals surface area (Å²) in [6.07, 6.45) is 0.109. The van der Waals surface area contributed by atoms with Gasteiger partial charge in [-0.15, -0.1) is 0 Å². The topological polar surface area (TPSA) is 137 Å². The number of fused-ring (bicyclic) bond motifs is 1. The summed E-state index contributed by atoms with van der Waals surface area (Å²) in [6, 6.07) is 1.91. The zero-order valence-electron chi connectivity index (χ0n) is 12.0. The number of imidazole rings is 1. The molecule has 9 nitrogen and oxygen atoms in total. The van der Waals surface area contributed by atoms with E-state index in [1.807, 2.05) is 6.07 Å². The third-order valence-electron chi connectivity index (χ3n) is 4.15. The number of hydrogen-bond donors (Lipinski definition) is 3. The molecule has 3 rings (SSSR count). The SMILES string of the molecule is Cc1ncnn2c([C@]3(C#N)O[C@H](CO)[C@@H](O)[C@@]3(C)O)cnc12. The second-order valence-corrected chi connectivity index (χ2v) is 5.45. The Labute approximate surface area is 125 Å². The van der Waals surface area contributed by atoms with Crippen LogP contribution in [0.2, 0.25) is 0 Å². The van der Waals surface area contributed by atoms with Crippen LogP contribution in [-0.2, 0) is 10.3 Å². The van der Waals surface area contributed by atoms with Gasteiger partial charge in [-0.25, -0.2) is 14.5 Å². The van der Waals surface area contributed by atoms with E-state index in [0.717, 1.165) is 0 Å². The number of aliphatic hydroxyl groups excluding tert-OH is 2. The van der Waals surface area contributed by atoms with Crippen molar-refractivity contribution in [3.05, 3.63) is 23.9 Å². The number of hydrogen-bond acceptors (Lipinski definition) is 8. The van der Waals surface area contributed by atoms with E-state index in [1.165, 1.54) is 24.0 Å². The van der Waals surface area contributed by atoms with Gasteiger partial charge in [-0.3, -0.25) is 0 Å². The highest BCUT2D eigenvalue weighted by molar-refractivity contribution is 5.46. The van der Waals surface area contributed by atoms with Crippen molar-refractivity contribution in [1.82, 2.24) is 19.6 Å². The lowest BCUT2D eigenvalue weighted by atomic mass is 9.80. The standard InChI is InChI=1S/C13H15N5O4/c1-7-11-15-3-9(18(11)17-6-16-7)13(5-14)12(2,21)10(20)8(4-19)22-13/h3,6,8,10,19-21H,4H2,1-2H3/t8-,10-,12-,13+/m1/s1. The summed E-state index contributed by atoms with van der Waals surface area (Å²) in [5.41, 5.74) is -2.71. The fraction of sp³-hybridized carbons (Fsp3) is 0.538. The van der Waals surface area contributed by atoms with Crippen LogP contribution in [0.3, 0.4) is 0 Å². The van der Waals surface area contributed by atoms with Gasteiger partial charge in [-0.2, -0.15) is 10.4 Å². The summed E-state index contributed by atoms with van der Waals surface area (Å²) in [5, 5.41) is 43.8. The molecule has 1 fully saturated rings. The van der Waals surface area contributed by atoms with Gasteiger partial charge in [0.15, 0.2) is 5.65 Å². The number of aliphatic hydroxyl groups is 3. The molecule has 2 aromatic rings. The molecule has 9 heteroatoms. The van der Waals surface area contributed by atoms with Crippen molar-refractivity contribution in [3.8, 4) is 6.07 Å². The van der Waals surface area contributed by atoms with Gasteiger partial charge in [0.1, 0.15) is 35.9 Å². The summed E-state index contributed by atoms with van der Waals surface area (Å²) in [5.74, 6) is 0. The van der Waals surface area contributed by atoms with E-state index >= 15 is 0 Å². The lowest BCUT2D eigenvalue weighted by Gasteiger charge is -2.32. The molecule has 0 amide bonds. The predicted molar refractivity (Wildman–Crippen MR) is 71.4 cm³/mol. The van der Waals surface area contributed by atoms with Crippen LogP contribution in [0.5, 0.6) is 0 Å². The molecule has 116 valence electrons. The van der Waals surface area contributed by atoms with Gasteiger partial charge in [0.05, 0.1) is 18.5 Å². The summed E-state index contributed by atoms with van der Waals surface area (Å²) in [6.45, 7) is 2.47. The fourth-order valence-electron chi connectivity index (χ4n) is 2.81. The van der Waals surface area contributed by atoms with E-state index in [0.29, 0.717) is 11.3 Å². The maximum atomic E-state index is 10.7. The second kappa shape index (κ2) is 4.69. The Morgan fingerprint density at radius 3 is 2.82 bits per heavy atom. The Balaban J connectivity index is 2.27. The lowest BCUT2D eigenvalue weighted by molar-refractivity contribution is -0.109. The summed E-state index contributed by atoms with van der Waals surface area (Å²) in [4.78, 5) is 8.16. The number of nitrogens with zero attached hydrogens (tertiary/aromatic N) is 5. The highest BCUT2D eigenvalue weighted by Crippen LogP contribution is 2.46. The predicted octanol–water partition coefficient (Wildman–Crippen LogP) is -1.35. The first-order valence-electron chi connectivity index (χ1n) is 6.65.